The molecule has 110 valence electrons. The van der Waals surface area contributed by atoms with E-state index in [2.05, 4.69) is 21.2 Å². The van der Waals surface area contributed by atoms with Gasteiger partial charge >= 0.3 is 0 Å². The summed E-state index contributed by atoms with van der Waals surface area (Å²) in [7, 11) is 0. The zero-order chi connectivity index (χ0) is 15.2. The molecule has 2 aromatic rings. The number of nitrogens with two attached hydrogens (primary N) is 1. The first-order chi connectivity index (χ1) is 10.0. The van der Waals surface area contributed by atoms with Crippen LogP contribution in [0, 0.1) is 6.92 Å². The first-order valence-corrected chi connectivity index (χ1v) is 8.32. The number of hydrogen-bond donors (Lipinski definition) is 2. The third-order valence-corrected chi connectivity index (χ3v) is 4.92. The fourth-order valence-corrected chi connectivity index (χ4v) is 3.22. The number of amides is 1. The highest BCUT2D eigenvalue weighted by Gasteiger charge is 2.06. The van der Waals surface area contributed by atoms with Crippen LogP contribution >= 0.6 is 27.7 Å². The minimum absolute atomic E-state index is 0.0179. The van der Waals surface area contributed by atoms with Crippen LogP contribution in [0.5, 0.6) is 0 Å². The number of anilines is 1. The Morgan fingerprint density at radius 3 is 2.62 bits per heavy atom. The lowest BCUT2D eigenvalue weighted by Crippen LogP contribution is -2.24. The van der Waals surface area contributed by atoms with Crippen molar-refractivity contribution in [2.45, 2.75) is 18.4 Å². The van der Waals surface area contributed by atoms with Gasteiger partial charge in [0.2, 0.25) is 5.91 Å². The third-order valence-electron chi connectivity index (χ3n) is 2.92. The number of hydrogen-bond acceptors (Lipinski definition) is 3. The van der Waals surface area contributed by atoms with Crippen molar-refractivity contribution in [3.05, 3.63) is 58.1 Å². The highest BCUT2D eigenvalue weighted by molar-refractivity contribution is 9.10. The van der Waals surface area contributed by atoms with Crippen molar-refractivity contribution in [2.24, 2.45) is 0 Å². The summed E-state index contributed by atoms with van der Waals surface area (Å²) >= 11 is 4.93. The van der Waals surface area contributed by atoms with Crippen LogP contribution in [0.25, 0.3) is 0 Å². The Morgan fingerprint density at radius 2 is 1.95 bits per heavy atom. The van der Waals surface area contributed by atoms with Gasteiger partial charge in [0.05, 0.1) is 5.75 Å². The Bertz CT molecular complexity index is 629. The Balaban J connectivity index is 1.80. The number of nitrogen functional groups attached to an aromatic ring is 1. The monoisotopic (exact) mass is 364 g/mol. The molecule has 0 aliphatic heterocycles. The molecule has 0 atom stereocenters. The SMILES string of the molecule is Cc1ccc(CNC(=O)CSc2ccc(N)cc2Br)cc1. The predicted octanol–water partition coefficient (Wildman–Crippen LogP) is 3.75. The molecule has 3 nitrogen and oxygen atoms in total. The van der Waals surface area contributed by atoms with Crippen LogP contribution in [0.2, 0.25) is 0 Å². The predicted molar refractivity (Wildman–Crippen MR) is 92.3 cm³/mol. The zero-order valence-corrected chi connectivity index (χ0v) is 14.1. The van der Waals surface area contributed by atoms with E-state index in [1.54, 1.807) is 0 Å². The molecule has 1 amide bonds. The Kier molecular flexibility index (Phi) is 5.70. The van der Waals surface area contributed by atoms with Crippen LogP contribution in [0.4, 0.5) is 5.69 Å². The Morgan fingerprint density at radius 1 is 1.24 bits per heavy atom. The maximum Gasteiger partial charge on any atom is 0.230 e. The third kappa shape index (κ3) is 5.10. The van der Waals surface area contributed by atoms with Gasteiger partial charge in [0.1, 0.15) is 0 Å². The minimum atomic E-state index is 0.0179. The molecular formula is C16H17BrN2OS. The van der Waals surface area contributed by atoms with Crippen molar-refractivity contribution in [1.82, 2.24) is 5.32 Å². The summed E-state index contributed by atoms with van der Waals surface area (Å²) in [5, 5.41) is 2.92. The number of rotatable bonds is 5. The van der Waals surface area contributed by atoms with Crippen LogP contribution in [-0.4, -0.2) is 11.7 Å². The summed E-state index contributed by atoms with van der Waals surface area (Å²) < 4.78 is 0.916. The van der Waals surface area contributed by atoms with Crippen LogP contribution in [0.15, 0.2) is 51.8 Å². The van der Waals surface area contributed by atoms with Gasteiger partial charge in [-0.25, -0.2) is 0 Å². The maximum atomic E-state index is 11.9. The Hall–Kier alpha value is -1.46. The van der Waals surface area contributed by atoms with E-state index < -0.39 is 0 Å². The normalized spacial score (nSPS) is 10.4. The van der Waals surface area contributed by atoms with Gasteiger partial charge in [0, 0.05) is 21.6 Å². The van der Waals surface area contributed by atoms with E-state index in [9.17, 15) is 4.79 Å². The topological polar surface area (TPSA) is 55.1 Å². The largest absolute Gasteiger partial charge is 0.399 e. The quantitative estimate of drug-likeness (QED) is 0.627. The molecule has 0 heterocycles. The van der Waals surface area contributed by atoms with Gasteiger partial charge in [0.15, 0.2) is 0 Å². The van der Waals surface area contributed by atoms with Crippen molar-refractivity contribution >= 4 is 39.3 Å². The molecular weight excluding hydrogens is 348 g/mol. The average Bonchev–Trinajstić information content (AvgIpc) is 2.46. The van der Waals surface area contributed by atoms with Gasteiger partial charge in [-0.2, -0.15) is 0 Å². The zero-order valence-electron chi connectivity index (χ0n) is 11.7. The molecule has 0 radical (unpaired) electrons. The number of nitrogens with one attached hydrogen (secondary N) is 1. The molecule has 0 bridgehead atoms. The van der Waals surface area contributed by atoms with Crippen molar-refractivity contribution in [1.29, 1.82) is 0 Å². The lowest BCUT2D eigenvalue weighted by atomic mass is 10.1. The highest BCUT2D eigenvalue weighted by atomic mass is 79.9. The molecule has 2 aromatic carbocycles. The number of benzene rings is 2. The fraction of sp³-hybridized carbons (Fsp3) is 0.188. The molecule has 0 aromatic heterocycles. The standard InChI is InChI=1S/C16H17BrN2OS/c1-11-2-4-12(5-3-11)9-19-16(20)10-21-15-7-6-13(18)8-14(15)17/h2-8H,9-10,18H2,1H3,(H,19,20). The summed E-state index contributed by atoms with van der Waals surface area (Å²) in [6.07, 6.45) is 0. The molecule has 0 saturated carbocycles. The van der Waals surface area contributed by atoms with Crippen molar-refractivity contribution in [3.63, 3.8) is 0 Å². The van der Waals surface area contributed by atoms with E-state index in [-0.39, 0.29) is 5.91 Å². The van der Waals surface area contributed by atoms with Crippen molar-refractivity contribution < 1.29 is 4.79 Å². The molecule has 0 saturated heterocycles. The second-order valence-corrected chi connectivity index (χ2v) is 6.61. The van der Waals surface area contributed by atoms with E-state index >= 15 is 0 Å². The van der Waals surface area contributed by atoms with Crippen molar-refractivity contribution in [2.75, 3.05) is 11.5 Å². The molecule has 0 spiro atoms. The van der Waals surface area contributed by atoms with Gasteiger partial charge in [-0.05, 0) is 46.6 Å². The molecule has 0 unspecified atom stereocenters. The summed E-state index contributed by atoms with van der Waals surface area (Å²) in [6, 6.07) is 13.7. The minimum Gasteiger partial charge on any atom is -0.399 e. The number of carbonyl (C=O) groups excluding carboxylic acids is 1. The van der Waals surface area contributed by atoms with Crippen LogP contribution in [-0.2, 0) is 11.3 Å². The molecule has 0 aliphatic carbocycles. The molecule has 0 aliphatic rings. The van der Waals surface area contributed by atoms with Gasteiger partial charge < -0.3 is 11.1 Å². The second kappa shape index (κ2) is 7.52. The van der Waals surface area contributed by atoms with E-state index in [1.807, 2.05) is 49.4 Å². The van der Waals surface area contributed by atoms with Crippen LogP contribution in [0.1, 0.15) is 11.1 Å². The second-order valence-electron chi connectivity index (χ2n) is 4.74. The first kappa shape index (κ1) is 15.9. The van der Waals surface area contributed by atoms with E-state index in [1.165, 1.54) is 17.3 Å². The summed E-state index contributed by atoms with van der Waals surface area (Å²) in [4.78, 5) is 12.9. The molecule has 5 heteroatoms. The molecule has 0 fully saturated rings. The summed E-state index contributed by atoms with van der Waals surface area (Å²) in [5.74, 6) is 0.401. The summed E-state index contributed by atoms with van der Waals surface area (Å²) in [6.45, 7) is 2.60. The van der Waals surface area contributed by atoms with E-state index in [0.29, 0.717) is 18.0 Å². The fourth-order valence-electron chi connectivity index (χ4n) is 1.74. The first-order valence-electron chi connectivity index (χ1n) is 6.54. The number of aryl methyl sites for hydroxylation is 1. The van der Waals surface area contributed by atoms with E-state index in [4.69, 9.17) is 5.73 Å². The number of carbonyl (C=O) groups is 1. The smallest absolute Gasteiger partial charge is 0.230 e. The number of halogens is 1. The highest BCUT2D eigenvalue weighted by Crippen LogP contribution is 2.28. The summed E-state index contributed by atoms with van der Waals surface area (Å²) in [5.41, 5.74) is 8.71. The molecule has 2 rings (SSSR count). The lowest BCUT2D eigenvalue weighted by molar-refractivity contribution is -0.118. The Labute approximate surface area is 137 Å². The van der Waals surface area contributed by atoms with Gasteiger partial charge in [-0.3, -0.25) is 4.79 Å². The molecule has 21 heavy (non-hydrogen) atoms. The van der Waals surface area contributed by atoms with Crippen LogP contribution in [0.3, 0.4) is 0 Å². The van der Waals surface area contributed by atoms with Crippen LogP contribution < -0.4 is 11.1 Å². The average molecular weight is 365 g/mol. The van der Waals surface area contributed by atoms with E-state index in [0.717, 1.165) is 14.9 Å². The van der Waals surface area contributed by atoms with Gasteiger partial charge in [0.25, 0.3) is 0 Å². The maximum absolute atomic E-state index is 11.9. The molecule has 3 N–H and O–H groups in total. The van der Waals surface area contributed by atoms with Gasteiger partial charge in [-0.1, -0.05) is 29.8 Å². The number of thioether (sulfide) groups is 1. The lowest BCUT2D eigenvalue weighted by Gasteiger charge is -2.07. The van der Waals surface area contributed by atoms with Crippen molar-refractivity contribution in [3.8, 4) is 0 Å². The van der Waals surface area contributed by atoms with Gasteiger partial charge in [-0.15, -0.1) is 11.8 Å².